The number of hydrogen-bond donors (Lipinski definition) is 0. The minimum atomic E-state index is -0.213. The monoisotopic (exact) mass is 1140 g/mol. The maximum absolute atomic E-state index is 5.74. The van der Waals surface area contributed by atoms with Crippen molar-refractivity contribution in [2.75, 3.05) is 133 Å². The van der Waals surface area contributed by atoms with E-state index in [-0.39, 0.29) is 6.04 Å². The quantitative estimate of drug-likeness (QED) is 0.100. The summed E-state index contributed by atoms with van der Waals surface area (Å²) < 4.78 is 5.74. The largest absolute Gasteiger partial charge is 0.378 e. The summed E-state index contributed by atoms with van der Waals surface area (Å²) in [6.45, 7) is 10.9. The molecule has 0 amide bonds. The highest BCUT2D eigenvalue weighted by Crippen LogP contribution is 2.41. The third-order valence-corrected chi connectivity index (χ3v) is 17.1. The van der Waals surface area contributed by atoms with Crippen LogP contribution in [0.25, 0.3) is 44.9 Å². The number of ether oxygens (including phenoxy) is 1. The van der Waals surface area contributed by atoms with Crippen molar-refractivity contribution in [1.82, 2.24) is 60.5 Å². The molecule has 20 nitrogen and oxygen atoms in total. The van der Waals surface area contributed by atoms with Crippen molar-refractivity contribution in [3.8, 4) is 44.9 Å². The van der Waals surface area contributed by atoms with Crippen LogP contribution in [0.1, 0.15) is 11.6 Å². The van der Waals surface area contributed by atoms with Crippen LogP contribution in [0.4, 0.5) is 41.0 Å². The van der Waals surface area contributed by atoms with Gasteiger partial charge in [-0.1, -0.05) is 115 Å². The van der Waals surface area contributed by atoms with Crippen LogP contribution in [0.5, 0.6) is 0 Å². The van der Waals surface area contributed by atoms with Gasteiger partial charge in [-0.15, -0.1) is 30.6 Å². The zero-order valence-electron chi connectivity index (χ0n) is 46.8. The number of anilines is 7. The molecule has 424 valence electrons. The first kappa shape index (κ1) is 53.3. The fourth-order valence-corrected chi connectivity index (χ4v) is 12.5. The van der Waals surface area contributed by atoms with Crippen molar-refractivity contribution in [1.29, 1.82) is 0 Å². The van der Waals surface area contributed by atoms with Crippen molar-refractivity contribution in [2.24, 2.45) is 0 Å². The first-order valence-electron chi connectivity index (χ1n) is 28.9. The van der Waals surface area contributed by atoms with Gasteiger partial charge in [0.15, 0.2) is 17.5 Å². The molecule has 4 aliphatic heterocycles. The fourth-order valence-electron chi connectivity index (χ4n) is 11.5. The predicted octanol–water partition coefficient (Wildman–Crippen LogP) is 8.80. The van der Waals surface area contributed by atoms with Gasteiger partial charge in [0.2, 0.25) is 17.8 Å². The second-order valence-electron chi connectivity index (χ2n) is 21.2. The molecule has 0 aliphatic carbocycles. The molecular formula is C64H61N19OS. The lowest BCUT2D eigenvalue weighted by Gasteiger charge is -2.42. The molecule has 10 aromatic rings. The van der Waals surface area contributed by atoms with E-state index in [4.69, 9.17) is 45.3 Å². The average Bonchev–Trinajstić information content (AvgIpc) is 2.98. The van der Waals surface area contributed by atoms with Crippen LogP contribution in [0.2, 0.25) is 0 Å². The van der Waals surface area contributed by atoms with E-state index < -0.39 is 0 Å². The van der Waals surface area contributed by atoms with Gasteiger partial charge in [0.25, 0.3) is 0 Å². The summed E-state index contributed by atoms with van der Waals surface area (Å²) in [5.41, 5.74) is 9.43. The molecule has 85 heavy (non-hydrogen) atoms. The Balaban J connectivity index is 0.737. The Morgan fingerprint density at radius 3 is 1.61 bits per heavy atom. The maximum atomic E-state index is 5.74. The second kappa shape index (κ2) is 24.6. The number of aromatic nitrogens is 12. The van der Waals surface area contributed by atoms with Crippen LogP contribution >= 0.6 is 11.8 Å². The minimum absolute atomic E-state index is 0.213. The van der Waals surface area contributed by atoms with Gasteiger partial charge in [0.1, 0.15) is 11.4 Å². The number of hydrogen-bond acceptors (Lipinski definition) is 21. The molecule has 4 saturated heterocycles. The molecule has 0 radical (unpaired) electrons. The number of benzene rings is 4. The SMILES string of the molecule is c1ccc(Sc2cc(N3CCN(c4ncccn4)CC3)nnc2-c2ccc(-c3cc(N4CCN(c5ncccn5)CC4c4cnc(N5CCN(c6nnc(-c7ccccc7)cc6N6CCOCC6)CC5)nc4)nnc3-c3ccccc3)cc2)cc1. The normalized spacial score (nSPS) is 16.7. The summed E-state index contributed by atoms with van der Waals surface area (Å²) in [5, 5.41) is 29.5. The van der Waals surface area contributed by atoms with E-state index in [1.807, 2.05) is 67.0 Å². The molecule has 6 aromatic heterocycles. The van der Waals surface area contributed by atoms with Gasteiger partial charge in [-0.05, 0) is 48.0 Å². The molecule has 4 aliphatic rings. The van der Waals surface area contributed by atoms with Crippen molar-refractivity contribution < 1.29 is 4.74 Å². The first-order valence-corrected chi connectivity index (χ1v) is 29.7. The molecule has 1 unspecified atom stereocenters. The maximum Gasteiger partial charge on any atom is 0.225 e. The first-order chi connectivity index (χ1) is 42.1. The van der Waals surface area contributed by atoms with E-state index in [0.717, 1.165) is 155 Å². The Bertz CT molecular complexity index is 3820. The van der Waals surface area contributed by atoms with Gasteiger partial charge in [-0.2, -0.15) is 0 Å². The summed E-state index contributed by atoms with van der Waals surface area (Å²) in [6, 6.07) is 49.6. The highest BCUT2D eigenvalue weighted by molar-refractivity contribution is 7.99. The molecule has 0 bridgehead atoms. The Kier molecular flexibility index (Phi) is 15.4. The van der Waals surface area contributed by atoms with Gasteiger partial charge >= 0.3 is 0 Å². The molecular weight excluding hydrogens is 1080 g/mol. The smallest absolute Gasteiger partial charge is 0.225 e. The predicted molar refractivity (Wildman–Crippen MR) is 332 cm³/mol. The number of nitrogens with zero attached hydrogens (tertiary/aromatic N) is 19. The lowest BCUT2D eigenvalue weighted by Crippen LogP contribution is -2.50. The zero-order valence-corrected chi connectivity index (χ0v) is 47.6. The Morgan fingerprint density at radius 1 is 0.400 bits per heavy atom. The van der Waals surface area contributed by atoms with Crippen LogP contribution in [0.15, 0.2) is 193 Å². The second-order valence-corrected chi connectivity index (χ2v) is 22.3. The molecule has 0 N–H and O–H groups in total. The number of morpholine rings is 1. The summed E-state index contributed by atoms with van der Waals surface area (Å²) in [4.78, 5) is 46.6. The van der Waals surface area contributed by atoms with Crippen molar-refractivity contribution >= 4 is 52.7 Å². The van der Waals surface area contributed by atoms with Crippen LogP contribution in [-0.4, -0.2) is 159 Å². The molecule has 0 spiro atoms. The molecule has 4 fully saturated rings. The summed E-state index contributed by atoms with van der Waals surface area (Å²) in [6.07, 6.45) is 11.1. The van der Waals surface area contributed by atoms with Gasteiger partial charge in [0, 0.05) is 160 Å². The van der Waals surface area contributed by atoms with E-state index in [0.29, 0.717) is 44.7 Å². The van der Waals surface area contributed by atoms with Crippen molar-refractivity contribution in [3.63, 3.8) is 0 Å². The summed E-state index contributed by atoms with van der Waals surface area (Å²) in [7, 11) is 0. The van der Waals surface area contributed by atoms with Crippen molar-refractivity contribution in [3.05, 3.63) is 188 Å². The third kappa shape index (κ3) is 11.7. The standard InChI is InChI=1S/C64H61N19OS/c1-4-12-47(13-5-1)53-41-54(77-36-38-84-39-37-77)61(76-71-53)79-28-32-81(33-29-79)64-69-43-50(44-70-64)55-45-82(63-67-24-11-25-68-63)34-35-83(55)58-40-52(59(74-73-58)48-14-6-2-7-15-48)46-18-20-49(21-19-46)60-56(85-51-16-8-3-9-17-51)42-57(72-75-60)78-26-30-80(31-27-78)62-65-22-10-23-66-62/h1-25,40-44,55H,26-39,45H2. The van der Waals surface area contributed by atoms with E-state index in [1.165, 1.54) is 0 Å². The average molecular weight is 1140 g/mol. The Labute approximate surface area is 497 Å². The van der Waals surface area contributed by atoms with Crippen LogP contribution in [-0.2, 0) is 4.74 Å². The molecule has 14 rings (SSSR count). The van der Waals surface area contributed by atoms with Gasteiger partial charge in [0.05, 0.1) is 30.6 Å². The Hall–Kier alpha value is -9.73. The van der Waals surface area contributed by atoms with Crippen LogP contribution in [0, 0.1) is 0 Å². The molecule has 1 atom stereocenters. The van der Waals surface area contributed by atoms with Crippen LogP contribution in [0.3, 0.4) is 0 Å². The van der Waals surface area contributed by atoms with Gasteiger partial charge < -0.3 is 39.0 Å². The highest BCUT2D eigenvalue weighted by atomic mass is 32.2. The highest BCUT2D eigenvalue weighted by Gasteiger charge is 2.33. The zero-order chi connectivity index (χ0) is 56.7. The minimum Gasteiger partial charge on any atom is -0.378 e. The lowest BCUT2D eigenvalue weighted by molar-refractivity contribution is 0.122. The fraction of sp³-hybridized carbons (Fsp3) is 0.250. The molecule has 0 saturated carbocycles. The lowest BCUT2D eigenvalue weighted by atomic mass is 9.97. The molecule has 10 heterocycles. The van der Waals surface area contributed by atoms with Crippen LogP contribution < -0.4 is 34.3 Å². The molecule has 21 heteroatoms. The van der Waals surface area contributed by atoms with Crippen molar-refractivity contribution in [2.45, 2.75) is 15.8 Å². The van der Waals surface area contributed by atoms with Gasteiger partial charge in [-0.3, -0.25) is 0 Å². The van der Waals surface area contributed by atoms with E-state index in [2.05, 4.69) is 145 Å². The summed E-state index contributed by atoms with van der Waals surface area (Å²) in [5.74, 6) is 4.60. The Morgan fingerprint density at radius 2 is 0.941 bits per heavy atom. The molecule has 4 aromatic carbocycles. The van der Waals surface area contributed by atoms with Gasteiger partial charge in [-0.25, -0.2) is 29.9 Å². The van der Waals surface area contributed by atoms with E-state index in [1.54, 1.807) is 36.5 Å². The van der Waals surface area contributed by atoms with E-state index >= 15 is 0 Å². The summed E-state index contributed by atoms with van der Waals surface area (Å²) >= 11 is 1.69. The topological polar surface area (TPSA) is 187 Å². The third-order valence-electron chi connectivity index (χ3n) is 16.0. The number of rotatable bonds is 14. The number of piperazine rings is 3. The van der Waals surface area contributed by atoms with E-state index in [9.17, 15) is 0 Å².